The van der Waals surface area contributed by atoms with E-state index in [2.05, 4.69) is 20.9 Å². The van der Waals surface area contributed by atoms with Gasteiger partial charge < -0.3 is 15.2 Å². The minimum absolute atomic E-state index is 0.137. The number of aliphatic hydroxyl groups excluding tert-OH is 1. The molecule has 1 aromatic rings. The van der Waals surface area contributed by atoms with Crippen LogP contribution in [-0.4, -0.2) is 15.0 Å². The topological polar surface area (TPSA) is 76.3 Å². The smallest absolute Gasteiger partial charge is 0.378 e. The highest BCUT2D eigenvalue weighted by Crippen LogP contribution is 2.35. The number of rotatable bonds is 3. The summed E-state index contributed by atoms with van der Waals surface area (Å²) >= 11 is 2.68. The molecule has 5 nitrogen and oxygen atoms in total. The second kappa shape index (κ2) is 4.58. The summed E-state index contributed by atoms with van der Waals surface area (Å²) in [5.41, 5.74) is -0.735. The molecule has 1 heterocycles. The van der Waals surface area contributed by atoms with Gasteiger partial charge in [-0.1, -0.05) is 0 Å². The van der Waals surface area contributed by atoms with Crippen molar-refractivity contribution in [2.75, 3.05) is 0 Å². The van der Waals surface area contributed by atoms with Gasteiger partial charge in [0, 0.05) is 11.1 Å². The molecule has 0 radical (unpaired) electrons. The molecule has 0 aromatic carbocycles. The van der Waals surface area contributed by atoms with Gasteiger partial charge in [0.15, 0.2) is 0 Å². The van der Waals surface area contributed by atoms with Gasteiger partial charge in [0.05, 0.1) is 6.61 Å². The minimum atomic E-state index is -2.91. The molecule has 0 aliphatic heterocycles. The largest absolute Gasteiger partial charge is 0.392 e. The fraction of sp³-hybridized carbons (Fsp3) is 0.286. The van der Waals surface area contributed by atoms with Crippen molar-refractivity contribution in [1.29, 1.82) is 0 Å². The average molecular weight is 283 g/mol. The van der Waals surface area contributed by atoms with Gasteiger partial charge in [0.2, 0.25) is 0 Å². The van der Waals surface area contributed by atoms with E-state index in [4.69, 9.17) is 5.11 Å². The molecule has 1 rings (SSSR count). The van der Waals surface area contributed by atoms with Gasteiger partial charge in [-0.2, -0.15) is 0 Å². The van der Waals surface area contributed by atoms with E-state index < -0.39 is 33.8 Å². The van der Waals surface area contributed by atoms with E-state index in [1.807, 2.05) is 0 Å². The quantitative estimate of drug-likeness (QED) is 0.681. The first-order chi connectivity index (χ1) is 6.99. The van der Waals surface area contributed by atoms with E-state index in [9.17, 15) is 18.9 Å². The van der Waals surface area contributed by atoms with Gasteiger partial charge in [-0.05, 0) is 25.8 Å². The van der Waals surface area contributed by atoms with Crippen molar-refractivity contribution in [3.63, 3.8) is 0 Å². The summed E-state index contributed by atoms with van der Waals surface area (Å²) in [6.45, 7) is -0.650. The average Bonchev–Trinajstić information content (AvgIpc) is 2.15. The second-order valence-electron chi connectivity index (χ2n) is 2.55. The van der Waals surface area contributed by atoms with Crippen molar-refractivity contribution in [2.45, 2.75) is 13.0 Å². The number of nitro groups is 1. The van der Waals surface area contributed by atoms with E-state index in [-0.39, 0.29) is 5.56 Å². The van der Waals surface area contributed by atoms with Gasteiger partial charge in [-0.3, -0.25) is 0 Å². The zero-order valence-electron chi connectivity index (χ0n) is 7.15. The molecule has 0 aliphatic rings. The van der Waals surface area contributed by atoms with Crippen LogP contribution in [0.1, 0.15) is 17.6 Å². The molecule has 1 aromatic heterocycles. The molecule has 1 N–H and O–H groups in total. The van der Waals surface area contributed by atoms with Gasteiger partial charge in [-0.25, -0.2) is 8.78 Å². The van der Waals surface area contributed by atoms with E-state index in [1.165, 1.54) is 0 Å². The molecule has 0 spiro atoms. The van der Waals surface area contributed by atoms with E-state index in [0.29, 0.717) is 0 Å². The number of hydrogen-bond acceptors (Lipinski definition) is 4. The van der Waals surface area contributed by atoms with Crippen LogP contribution in [0.15, 0.2) is 10.7 Å². The Morgan fingerprint density at radius 1 is 1.67 bits per heavy atom. The second-order valence-corrected chi connectivity index (χ2v) is 3.34. The third-order valence-electron chi connectivity index (χ3n) is 1.68. The monoisotopic (exact) mass is 282 g/mol. The van der Waals surface area contributed by atoms with Crippen LogP contribution in [0.5, 0.6) is 0 Å². The predicted octanol–water partition coefficient (Wildman–Crippen LogP) is 2.18. The summed E-state index contributed by atoms with van der Waals surface area (Å²) < 4.78 is 24.7. The summed E-state index contributed by atoms with van der Waals surface area (Å²) in [4.78, 5) is 12.9. The fourth-order valence-corrected chi connectivity index (χ4v) is 1.69. The van der Waals surface area contributed by atoms with Crippen LogP contribution in [0.2, 0.25) is 0 Å². The summed E-state index contributed by atoms with van der Waals surface area (Å²) in [5.74, 6) is -0.692. The molecule has 82 valence electrons. The van der Waals surface area contributed by atoms with E-state index in [1.54, 1.807) is 0 Å². The Bertz CT molecular complexity index is 400. The molecule has 0 saturated heterocycles. The molecular weight excluding hydrogens is 278 g/mol. The molecule has 15 heavy (non-hydrogen) atoms. The number of pyridine rings is 1. The Balaban J connectivity index is 3.42. The van der Waals surface area contributed by atoms with Crippen LogP contribution >= 0.6 is 15.9 Å². The minimum Gasteiger partial charge on any atom is -0.392 e. The first-order valence-electron chi connectivity index (χ1n) is 3.69. The molecule has 0 unspecified atom stereocenters. The Morgan fingerprint density at radius 3 is 2.67 bits per heavy atom. The molecular formula is C7H5BrF2N2O3. The lowest BCUT2D eigenvalue weighted by atomic mass is 10.1. The first kappa shape index (κ1) is 11.9. The highest BCUT2D eigenvalue weighted by molar-refractivity contribution is 9.10. The summed E-state index contributed by atoms with van der Waals surface area (Å²) in [6, 6.07) is 0. The number of aromatic nitrogens is 1. The molecule has 8 heteroatoms. The Labute approximate surface area is 91.0 Å². The number of halogens is 3. The maximum absolute atomic E-state index is 12.5. The zero-order valence-corrected chi connectivity index (χ0v) is 8.74. The lowest BCUT2D eigenvalue weighted by Crippen LogP contribution is -2.02. The molecule has 0 atom stereocenters. The van der Waals surface area contributed by atoms with Crippen LogP contribution in [-0.2, 0) is 6.61 Å². The molecule has 0 bridgehead atoms. The maximum Gasteiger partial charge on any atom is 0.378 e. The Kier molecular flexibility index (Phi) is 3.64. The van der Waals surface area contributed by atoms with Crippen LogP contribution < -0.4 is 0 Å². The van der Waals surface area contributed by atoms with Crippen LogP contribution in [0, 0.1) is 10.1 Å². The SMILES string of the molecule is O=[N+]([O-])c1ncc(CO)c(C(F)F)c1Br. The summed E-state index contributed by atoms with van der Waals surface area (Å²) in [6.07, 6.45) is -2.05. The number of nitrogens with zero attached hydrogens (tertiary/aromatic N) is 2. The van der Waals surface area contributed by atoms with Crippen LogP contribution in [0.25, 0.3) is 0 Å². The standard InChI is InChI=1S/C7H5BrF2N2O3/c8-5-4(6(9)10)3(2-13)1-11-7(5)12(14)15/h1,6,13H,2H2. The van der Waals surface area contributed by atoms with Gasteiger partial charge in [0.25, 0.3) is 6.43 Å². The van der Waals surface area contributed by atoms with Crippen molar-refractivity contribution in [2.24, 2.45) is 0 Å². The van der Waals surface area contributed by atoms with Crippen molar-refractivity contribution < 1.29 is 18.8 Å². The number of hydrogen-bond donors (Lipinski definition) is 1. The zero-order chi connectivity index (χ0) is 11.6. The summed E-state index contributed by atoms with van der Waals surface area (Å²) in [7, 11) is 0. The lowest BCUT2D eigenvalue weighted by molar-refractivity contribution is -0.390. The number of aliphatic hydroxyl groups is 1. The highest BCUT2D eigenvalue weighted by atomic mass is 79.9. The van der Waals surface area contributed by atoms with Gasteiger partial charge >= 0.3 is 5.82 Å². The highest BCUT2D eigenvalue weighted by Gasteiger charge is 2.26. The molecule has 0 aliphatic carbocycles. The predicted molar refractivity (Wildman–Crippen MR) is 49.5 cm³/mol. The molecule has 0 saturated carbocycles. The van der Waals surface area contributed by atoms with Crippen molar-refractivity contribution in [3.05, 3.63) is 31.9 Å². The van der Waals surface area contributed by atoms with Crippen LogP contribution in [0.4, 0.5) is 14.6 Å². The molecule has 0 amide bonds. The third kappa shape index (κ3) is 2.26. The third-order valence-corrected chi connectivity index (χ3v) is 2.46. The van der Waals surface area contributed by atoms with Gasteiger partial charge in [-0.15, -0.1) is 0 Å². The van der Waals surface area contributed by atoms with E-state index >= 15 is 0 Å². The lowest BCUT2D eigenvalue weighted by Gasteiger charge is -2.06. The Morgan fingerprint density at radius 2 is 2.27 bits per heavy atom. The van der Waals surface area contributed by atoms with Crippen molar-refractivity contribution in [1.82, 2.24) is 4.98 Å². The maximum atomic E-state index is 12.5. The fourth-order valence-electron chi connectivity index (χ4n) is 1.02. The van der Waals surface area contributed by atoms with Crippen molar-refractivity contribution >= 4 is 21.7 Å². The van der Waals surface area contributed by atoms with Crippen LogP contribution in [0.3, 0.4) is 0 Å². The summed E-state index contributed by atoms with van der Waals surface area (Å²) in [5, 5.41) is 19.2. The van der Waals surface area contributed by atoms with Gasteiger partial charge in [0.1, 0.15) is 10.7 Å². The number of alkyl halides is 2. The first-order valence-corrected chi connectivity index (χ1v) is 4.49. The molecule has 0 fully saturated rings. The Hall–Kier alpha value is -1.15. The van der Waals surface area contributed by atoms with Crippen molar-refractivity contribution in [3.8, 4) is 0 Å². The van der Waals surface area contributed by atoms with E-state index in [0.717, 1.165) is 6.20 Å². The normalized spacial score (nSPS) is 10.7.